The molecule has 2 N–H and O–H groups in total. The highest BCUT2D eigenvalue weighted by Gasteiger charge is 2.43. The van der Waals surface area contributed by atoms with Crippen LogP contribution in [0.15, 0.2) is 23.8 Å². The number of aliphatic hydroxyl groups excluding tert-OH is 2. The summed E-state index contributed by atoms with van der Waals surface area (Å²) < 4.78 is 5.31. The Bertz CT molecular complexity index is 713. The quantitative estimate of drug-likeness (QED) is 0.335. The first-order valence-electron chi connectivity index (χ1n) is 12.0. The number of hydrogen-bond acceptors (Lipinski definition) is 4. The lowest BCUT2D eigenvalue weighted by Crippen LogP contribution is -2.40. The number of aliphatic hydroxyl groups is 2. The first kappa shape index (κ1) is 24.0. The van der Waals surface area contributed by atoms with E-state index in [2.05, 4.69) is 17.9 Å². The summed E-state index contributed by atoms with van der Waals surface area (Å²) in [5, 5.41) is 20.9. The van der Waals surface area contributed by atoms with E-state index in [1.54, 1.807) is 0 Å². The van der Waals surface area contributed by atoms with Gasteiger partial charge in [0.1, 0.15) is 0 Å². The van der Waals surface area contributed by atoms with Gasteiger partial charge in [-0.25, -0.2) is 0 Å². The number of carbonyl (C=O) groups is 1. The van der Waals surface area contributed by atoms with Crippen molar-refractivity contribution in [1.82, 2.24) is 4.90 Å². The molecule has 172 valence electrons. The molecule has 1 amide bonds. The van der Waals surface area contributed by atoms with Crippen LogP contribution in [0.25, 0.3) is 0 Å². The van der Waals surface area contributed by atoms with Crippen LogP contribution in [0.1, 0.15) is 58.8 Å². The standard InChI is InChI=1S/C26H39NO4/c1-3-4-7-19(2)24(28)11-10-22-23-17-20(16-21(23)18-25(22)29)8-5-6-9-26(30)27-12-14-31-15-13-27/h10-11,16,19,21-25,28-29H,5-9,12-15,17-18H2,1-2H3/t19-,21-,22+,23-,24+,25+/m0/s1. The lowest BCUT2D eigenvalue weighted by molar-refractivity contribution is -0.135. The molecule has 31 heavy (non-hydrogen) atoms. The smallest absolute Gasteiger partial charge is 0.222 e. The lowest BCUT2D eigenvalue weighted by Gasteiger charge is -2.26. The summed E-state index contributed by atoms with van der Waals surface area (Å²) in [6.07, 6.45) is 11.6. The van der Waals surface area contributed by atoms with Gasteiger partial charge in [-0.15, -0.1) is 11.8 Å². The van der Waals surface area contributed by atoms with E-state index in [0.29, 0.717) is 37.9 Å². The molecule has 2 aliphatic carbocycles. The third-order valence-corrected chi connectivity index (χ3v) is 7.17. The number of amides is 1. The third kappa shape index (κ3) is 6.68. The maximum Gasteiger partial charge on any atom is 0.222 e. The van der Waals surface area contributed by atoms with E-state index in [4.69, 9.17) is 4.74 Å². The molecule has 1 aliphatic heterocycles. The van der Waals surface area contributed by atoms with Gasteiger partial charge in [-0.05, 0) is 56.8 Å². The van der Waals surface area contributed by atoms with Crippen molar-refractivity contribution in [1.29, 1.82) is 0 Å². The summed E-state index contributed by atoms with van der Waals surface area (Å²) in [6.45, 7) is 6.59. The minimum Gasteiger partial charge on any atom is -0.392 e. The van der Waals surface area contributed by atoms with E-state index in [-0.39, 0.29) is 23.8 Å². The highest BCUT2D eigenvalue weighted by atomic mass is 16.5. The van der Waals surface area contributed by atoms with Crippen molar-refractivity contribution in [2.45, 2.75) is 71.0 Å². The fraction of sp³-hybridized carbons (Fsp3) is 0.731. The second-order valence-electron chi connectivity index (χ2n) is 9.42. The molecule has 0 unspecified atom stereocenters. The van der Waals surface area contributed by atoms with Crippen LogP contribution in [-0.2, 0) is 9.53 Å². The number of unbranched alkanes of at least 4 members (excludes halogenated alkanes) is 1. The van der Waals surface area contributed by atoms with Gasteiger partial charge in [0.05, 0.1) is 25.4 Å². The summed E-state index contributed by atoms with van der Waals surface area (Å²) >= 11 is 0. The van der Waals surface area contributed by atoms with Gasteiger partial charge in [-0.2, -0.15) is 0 Å². The molecule has 3 rings (SSSR count). The molecule has 6 atom stereocenters. The summed E-state index contributed by atoms with van der Waals surface area (Å²) in [6, 6.07) is 0. The molecule has 0 spiro atoms. The number of nitrogens with zero attached hydrogens (tertiary/aromatic N) is 1. The Morgan fingerprint density at radius 2 is 2.13 bits per heavy atom. The molecule has 1 saturated heterocycles. The summed E-state index contributed by atoms with van der Waals surface area (Å²) in [5.74, 6) is 7.25. The molecule has 0 radical (unpaired) electrons. The fourth-order valence-electron chi connectivity index (χ4n) is 5.21. The maximum absolute atomic E-state index is 12.3. The summed E-state index contributed by atoms with van der Waals surface area (Å²) in [7, 11) is 0. The summed E-state index contributed by atoms with van der Waals surface area (Å²) in [5.41, 5.74) is 1.48. The topological polar surface area (TPSA) is 70.0 Å². The van der Waals surface area contributed by atoms with Gasteiger partial charge in [0, 0.05) is 31.8 Å². The van der Waals surface area contributed by atoms with Crippen LogP contribution in [0.4, 0.5) is 0 Å². The van der Waals surface area contributed by atoms with Crippen LogP contribution in [-0.4, -0.2) is 59.5 Å². The molecule has 0 aromatic heterocycles. The Hall–Kier alpha value is -1.61. The molecule has 0 aromatic carbocycles. The Kier molecular flexibility index (Phi) is 9.19. The molecule has 2 fully saturated rings. The molecule has 3 aliphatic rings. The van der Waals surface area contributed by atoms with Crippen molar-refractivity contribution < 1.29 is 19.7 Å². The van der Waals surface area contributed by atoms with Crippen molar-refractivity contribution in [3.63, 3.8) is 0 Å². The van der Waals surface area contributed by atoms with Crippen molar-refractivity contribution in [3.8, 4) is 11.8 Å². The zero-order valence-corrected chi connectivity index (χ0v) is 19.1. The van der Waals surface area contributed by atoms with Gasteiger partial charge in [0.15, 0.2) is 0 Å². The molecular formula is C26H39NO4. The van der Waals surface area contributed by atoms with E-state index in [1.165, 1.54) is 5.57 Å². The van der Waals surface area contributed by atoms with Crippen LogP contribution in [0.5, 0.6) is 0 Å². The van der Waals surface area contributed by atoms with Gasteiger partial charge in [-0.3, -0.25) is 4.79 Å². The highest BCUT2D eigenvalue weighted by molar-refractivity contribution is 5.76. The monoisotopic (exact) mass is 429 g/mol. The van der Waals surface area contributed by atoms with E-state index < -0.39 is 6.10 Å². The molecule has 0 bridgehead atoms. The predicted octanol–water partition coefficient (Wildman–Crippen LogP) is 3.32. The van der Waals surface area contributed by atoms with E-state index in [0.717, 1.165) is 45.2 Å². The van der Waals surface area contributed by atoms with Gasteiger partial charge in [0.2, 0.25) is 5.91 Å². The SMILES string of the molecule is CC#CC[C@H](C)[C@H](O)C=C[C@@H]1[C@H]2CC(CCCCC(=O)N3CCOCC3)=C[C@H]2C[C@H]1O. The van der Waals surface area contributed by atoms with Crippen molar-refractivity contribution in [3.05, 3.63) is 23.8 Å². The predicted molar refractivity (Wildman–Crippen MR) is 122 cm³/mol. The molecular weight excluding hydrogens is 390 g/mol. The highest BCUT2D eigenvalue weighted by Crippen LogP contribution is 2.48. The largest absolute Gasteiger partial charge is 0.392 e. The zero-order chi connectivity index (χ0) is 22.2. The molecule has 5 heteroatoms. The maximum atomic E-state index is 12.3. The summed E-state index contributed by atoms with van der Waals surface area (Å²) in [4.78, 5) is 14.2. The minimum atomic E-state index is -0.523. The number of carbonyl (C=O) groups excluding carboxylic acids is 1. The zero-order valence-electron chi connectivity index (χ0n) is 19.1. The Morgan fingerprint density at radius 1 is 1.35 bits per heavy atom. The number of morpholine rings is 1. The Morgan fingerprint density at radius 3 is 2.87 bits per heavy atom. The molecule has 1 saturated carbocycles. The van der Waals surface area contributed by atoms with Crippen LogP contribution < -0.4 is 0 Å². The Balaban J connectivity index is 1.41. The molecule has 5 nitrogen and oxygen atoms in total. The second-order valence-corrected chi connectivity index (χ2v) is 9.42. The van der Waals surface area contributed by atoms with Crippen LogP contribution >= 0.6 is 0 Å². The van der Waals surface area contributed by atoms with Crippen molar-refractivity contribution in [2.75, 3.05) is 26.3 Å². The molecule has 0 aromatic rings. The normalized spacial score (nSPS) is 29.9. The van der Waals surface area contributed by atoms with Crippen LogP contribution in [0.3, 0.4) is 0 Å². The fourth-order valence-corrected chi connectivity index (χ4v) is 5.21. The number of hydrogen-bond donors (Lipinski definition) is 2. The van der Waals surface area contributed by atoms with E-state index in [9.17, 15) is 15.0 Å². The molecule has 1 heterocycles. The minimum absolute atomic E-state index is 0.0930. The Labute approximate surface area is 187 Å². The lowest BCUT2D eigenvalue weighted by atomic mass is 9.88. The van der Waals surface area contributed by atoms with Gasteiger partial charge >= 0.3 is 0 Å². The second kappa shape index (κ2) is 11.9. The van der Waals surface area contributed by atoms with Gasteiger partial charge in [-0.1, -0.05) is 30.7 Å². The number of fused-ring (bicyclic) bond motifs is 1. The van der Waals surface area contributed by atoms with E-state index >= 15 is 0 Å². The average molecular weight is 430 g/mol. The van der Waals surface area contributed by atoms with Gasteiger partial charge in [0.25, 0.3) is 0 Å². The first-order chi connectivity index (χ1) is 15.0. The average Bonchev–Trinajstić information content (AvgIpc) is 3.30. The van der Waals surface area contributed by atoms with Crippen LogP contribution in [0, 0.1) is 35.5 Å². The van der Waals surface area contributed by atoms with Crippen LogP contribution in [0.2, 0.25) is 0 Å². The van der Waals surface area contributed by atoms with E-state index in [1.807, 2.05) is 30.9 Å². The first-order valence-corrected chi connectivity index (χ1v) is 12.0. The number of rotatable bonds is 9. The number of ether oxygens (including phenoxy) is 1. The number of allylic oxidation sites excluding steroid dienone is 2. The van der Waals surface area contributed by atoms with Crippen molar-refractivity contribution >= 4 is 5.91 Å². The van der Waals surface area contributed by atoms with Gasteiger partial charge < -0.3 is 19.8 Å². The third-order valence-electron chi connectivity index (χ3n) is 7.17. The van der Waals surface area contributed by atoms with Crippen molar-refractivity contribution in [2.24, 2.45) is 23.7 Å².